The Morgan fingerprint density at radius 1 is 1.06 bits per heavy atom. The third-order valence-corrected chi connectivity index (χ3v) is 2.43. The molecule has 2 aromatic carbocycles. The van der Waals surface area contributed by atoms with Gasteiger partial charge in [-0.2, -0.15) is 0 Å². The Balaban J connectivity index is 2.11. The SMILES string of the molecule is O=C([C-]=[N+]=Nc1ccc(Cl)cc1)c1ccccc1. The summed E-state index contributed by atoms with van der Waals surface area (Å²) >= 11 is 5.73. The number of ketones is 1. The maximum Gasteiger partial charge on any atom is 0.281 e. The molecule has 0 aliphatic rings. The third-order valence-electron chi connectivity index (χ3n) is 2.18. The van der Waals surface area contributed by atoms with Crippen LogP contribution in [0.1, 0.15) is 10.4 Å². The summed E-state index contributed by atoms with van der Waals surface area (Å²) in [5.74, 6) is -0.298. The van der Waals surface area contributed by atoms with Gasteiger partial charge in [-0.05, 0) is 29.1 Å². The molecule has 0 amide bonds. The Morgan fingerprint density at radius 2 is 1.72 bits per heavy atom. The van der Waals surface area contributed by atoms with E-state index in [0.717, 1.165) is 0 Å². The van der Waals surface area contributed by atoms with Crippen molar-refractivity contribution in [3.05, 3.63) is 65.2 Å². The van der Waals surface area contributed by atoms with Crippen LogP contribution in [-0.4, -0.2) is 16.8 Å². The standard InChI is InChI=1S/C14H9ClN2O/c15-12-6-8-13(9-7-12)17-16-10-14(18)11-4-2-1-3-5-11/h1-9H. The zero-order chi connectivity index (χ0) is 12.8. The van der Waals surface area contributed by atoms with E-state index in [1.54, 1.807) is 48.5 Å². The minimum atomic E-state index is -0.298. The number of carbonyl (C=O) groups is 1. The van der Waals surface area contributed by atoms with Gasteiger partial charge in [-0.1, -0.05) is 29.8 Å². The summed E-state index contributed by atoms with van der Waals surface area (Å²) in [5.41, 5.74) is 1.15. The second kappa shape index (κ2) is 5.92. The smallest absolute Gasteiger partial charge is 0.281 e. The van der Waals surface area contributed by atoms with E-state index in [4.69, 9.17) is 11.6 Å². The molecule has 0 saturated carbocycles. The zero-order valence-electron chi connectivity index (χ0n) is 9.38. The lowest BCUT2D eigenvalue weighted by atomic mass is 10.1. The fraction of sp³-hybridized carbons (Fsp3) is 0. The topological polar surface area (TPSA) is 43.5 Å². The molecule has 0 heterocycles. The minimum absolute atomic E-state index is 0.298. The summed E-state index contributed by atoms with van der Waals surface area (Å²) in [6, 6.07) is 15.6. The van der Waals surface area contributed by atoms with Crippen LogP contribution in [0.2, 0.25) is 5.02 Å². The molecule has 0 atom stereocenters. The van der Waals surface area contributed by atoms with Crippen molar-refractivity contribution >= 4 is 29.3 Å². The summed E-state index contributed by atoms with van der Waals surface area (Å²) < 4.78 is 0. The van der Waals surface area contributed by atoms with Crippen molar-refractivity contribution in [3.8, 4) is 0 Å². The fourth-order valence-corrected chi connectivity index (χ4v) is 1.42. The minimum Gasteiger partial charge on any atom is -0.325 e. The van der Waals surface area contributed by atoms with Crippen LogP contribution in [0.4, 0.5) is 5.69 Å². The monoisotopic (exact) mass is 256 g/mol. The van der Waals surface area contributed by atoms with Gasteiger partial charge in [0.25, 0.3) is 6.21 Å². The van der Waals surface area contributed by atoms with Crippen molar-refractivity contribution < 1.29 is 9.58 Å². The second-order valence-electron chi connectivity index (χ2n) is 3.48. The highest BCUT2D eigenvalue weighted by Crippen LogP contribution is 2.14. The molecule has 0 unspecified atom stereocenters. The molecule has 0 aliphatic carbocycles. The zero-order valence-corrected chi connectivity index (χ0v) is 10.1. The van der Waals surface area contributed by atoms with Gasteiger partial charge in [0, 0.05) is 5.02 Å². The van der Waals surface area contributed by atoms with Gasteiger partial charge in [-0.15, -0.1) is 17.7 Å². The maximum absolute atomic E-state index is 11.6. The lowest BCUT2D eigenvalue weighted by Crippen LogP contribution is -1.99. The number of nitrogens with zero attached hydrogens (tertiary/aromatic N) is 2. The van der Waals surface area contributed by atoms with Gasteiger partial charge >= 0.3 is 0 Å². The highest BCUT2D eigenvalue weighted by Gasteiger charge is 1.96. The first kappa shape index (κ1) is 12.2. The lowest BCUT2D eigenvalue weighted by Gasteiger charge is -1.97. The lowest BCUT2D eigenvalue weighted by molar-refractivity contribution is -0.0692. The van der Waals surface area contributed by atoms with Crippen LogP contribution in [0.3, 0.4) is 0 Å². The molecule has 88 valence electrons. The van der Waals surface area contributed by atoms with E-state index in [9.17, 15) is 4.79 Å². The molecule has 0 bridgehead atoms. The number of hydrogen-bond acceptors (Lipinski definition) is 2. The molecule has 0 saturated heterocycles. The predicted octanol–water partition coefficient (Wildman–Crippen LogP) is 3.46. The number of rotatable bonds is 3. The summed E-state index contributed by atoms with van der Waals surface area (Å²) in [5, 5.41) is 4.47. The van der Waals surface area contributed by atoms with Gasteiger partial charge in [0.15, 0.2) is 0 Å². The third kappa shape index (κ3) is 3.39. The first-order valence-corrected chi connectivity index (χ1v) is 5.65. The molecular formula is C14H9ClN2O. The Bertz CT molecular complexity index is 599. The molecule has 0 radical (unpaired) electrons. The normalized spacial score (nSPS) is 9.39. The second-order valence-corrected chi connectivity index (χ2v) is 3.92. The maximum atomic E-state index is 11.6. The van der Waals surface area contributed by atoms with Crippen molar-refractivity contribution in [1.82, 2.24) is 0 Å². The Morgan fingerprint density at radius 3 is 2.39 bits per heavy atom. The van der Waals surface area contributed by atoms with Crippen LogP contribution < -0.4 is 0 Å². The van der Waals surface area contributed by atoms with Crippen LogP contribution >= 0.6 is 11.6 Å². The van der Waals surface area contributed by atoms with Gasteiger partial charge in [0.1, 0.15) is 16.6 Å². The average molecular weight is 257 g/mol. The quantitative estimate of drug-likeness (QED) is 0.273. The van der Waals surface area contributed by atoms with E-state index in [1.807, 2.05) is 6.07 Å². The highest BCUT2D eigenvalue weighted by atomic mass is 35.5. The van der Waals surface area contributed by atoms with E-state index in [0.29, 0.717) is 16.3 Å². The van der Waals surface area contributed by atoms with Gasteiger partial charge in [0.05, 0.1) is 0 Å². The van der Waals surface area contributed by atoms with Gasteiger partial charge in [-0.25, -0.2) is 0 Å². The Labute approximate surface area is 109 Å². The Hall–Kier alpha value is -2.22. The largest absolute Gasteiger partial charge is 0.325 e. The van der Waals surface area contributed by atoms with Crippen molar-refractivity contribution in [2.45, 2.75) is 0 Å². The number of hydrogen-bond donors (Lipinski definition) is 0. The van der Waals surface area contributed by atoms with Gasteiger partial charge in [-0.3, -0.25) is 0 Å². The van der Waals surface area contributed by atoms with Crippen LogP contribution in [0.5, 0.6) is 0 Å². The molecule has 0 aromatic heterocycles. The van der Waals surface area contributed by atoms with E-state index < -0.39 is 0 Å². The summed E-state index contributed by atoms with van der Waals surface area (Å²) in [7, 11) is 0. The molecule has 4 heteroatoms. The Kier molecular flexibility index (Phi) is 4.02. The molecule has 18 heavy (non-hydrogen) atoms. The van der Waals surface area contributed by atoms with Gasteiger partial charge in [0.2, 0.25) is 0 Å². The molecular weight excluding hydrogens is 248 g/mol. The molecule has 0 fully saturated rings. The number of carbonyl (C=O) groups excluding carboxylic acids is 1. The van der Waals surface area contributed by atoms with Crippen LogP contribution in [-0.2, 0) is 0 Å². The van der Waals surface area contributed by atoms with E-state index in [2.05, 4.69) is 16.1 Å². The van der Waals surface area contributed by atoms with Crippen molar-refractivity contribution in [2.24, 2.45) is 5.11 Å². The summed E-state index contributed by atoms with van der Waals surface area (Å²) in [6.45, 7) is 0. The predicted molar refractivity (Wildman–Crippen MR) is 69.6 cm³/mol. The van der Waals surface area contributed by atoms with Crippen LogP contribution in [0.15, 0.2) is 59.7 Å². The number of halogens is 1. The summed E-state index contributed by atoms with van der Waals surface area (Å²) in [6.07, 6.45) is 2.35. The van der Waals surface area contributed by atoms with Crippen LogP contribution in [0, 0.1) is 0 Å². The summed E-state index contributed by atoms with van der Waals surface area (Å²) in [4.78, 5) is 15.2. The molecule has 0 aliphatic heterocycles. The van der Waals surface area contributed by atoms with E-state index in [1.165, 1.54) is 0 Å². The molecule has 3 nitrogen and oxygen atoms in total. The van der Waals surface area contributed by atoms with Gasteiger partial charge < -0.3 is 4.79 Å². The van der Waals surface area contributed by atoms with Crippen molar-refractivity contribution in [2.75, 3.05) is 0 Å². The average Bonchev–Trinajstić information content (AvgIpc) is 2.42. The first-order chi connectivity index (χ1) is 8.75. The molecule has 2 rings (SSSR count). The number of benzene rings is 2. The molecule has 0 spiro atoms. The van der Waals surface area contributed by atoms with Crippen molar-refractivity contribution in [1.29, 1.82) is 0 Å². The van der Waals surface area contributed by atoms with Crippen molar-refractivity contribution in [3.63, 3.8) is 0 Å². The van der Waals surface area contributed by atoms with E-state index >= 15 is 0 Å². The van der Waals surface area contributed by atoms with E-state index in [-0.39, 0.29) is 5.78 Å². The van der Waals surface area contributed by atoms with Crippen LogP contribution in [0.25, 0.3) is 0 Å². The molecule has 0 N–H and O–H groups in total. The highest BCUT2D eigenvalue weighted by molar-refractivity contribution is 6.33. The first-order valence-electron chi connectivity index (χ1n) is 5.27. The fourth-order valence-electron chi connectivity index (χ4n) is 1.29. The molecule has 2 aromatic rings. The number of Topliss-reactive ketones (excluding diaryl/α,β-unsaturated/α-hetero) is 1.